The van der Waals surface area contributed by atoms with Gasteiger partial charge >= 0.3 is 0 Å². The largest absolute Gasteiger partial charge is 0.383 e. The highest BCUT2D eigenvalue weighted by atomic mass is 79.9. The minimum Gasteiger partial charge on any atom is -0.383 e. The van der Waals surface area contributed by atoms with Gasteiger partial charge < -0.3 is 5.73 Å². The van der Waals surface area contributed by atoms with Crippen LogP contribution >= 0.6 is 27.5 Å². The Morgan fingerprint density at radius 1 is 1.31 bits per heavy atom. The summed E-state index contributed by atoms with van der Waals surface area (Å²) in [5.74, 6) is 0.0400. The first-order valence-corrected chi connectivity index (χ1v) is 5.61. The molecule has 0 atom stereocenters. The van der Waals surface area contributed by atoms with E-state index in [4.69, 9.17) is 17.3 Å². The van der Waals surface area contributed by atoms with Crippen molar-refractivity contribution in [2.75, 3.05) is 5.73 Å². The molecule has 5 heteroatoms. The van der Waals surface area contributed by atoms with E-state index < -0.39 is 0 Å². The minimum absolute atomic E-state index is 0.346. The van der Waals surface area contributed by atoms with Gasteiger partial charge in [0.15, 0.2) is 0 Å². The molecule has 0 aliphatic heterocycles. The summed E-state index contributed by atoms with van der Waals surface area (Å²) in [4.78, 5) is 4.00. The van der Waals surface area contributed by atoms with Crippen molar-refractivity contribution in [1.29, 1.82) is 0 Å². The Balaban J connectivity index is 2.54. The van der Waals surface area contributed by atoms with E-state index in [1.54, 1.807) is 18.3 Å². The van der Waals surface area contributed by atoms with Crippen LogP contribution in [0.4, 0.5) is 10.2 Å². The number of pyridine rings is 1. The number of rotatable bonds is 1. The van der Waals surface area contributed by atoms with Gasteiger partial charge in [0.1, 0.15) is 11.6 Å². The highest BCUT2D eigenvalue weighted by Gasteiger charge is 2.07. The molecule has 0 radical (unpaired) electrons. The van der Waals surface area contributed by atoms with Crippen molar-refractivity contribution >= 4 is 33.3 Å². The number of nitrogens with zero attached hydrogens (tertiary/aromatic N) is 1. The number of aromatic nitrogens is 1. The van der Waals surface area contributed by atoms with Crippen LogP contribution in [0.5, 0.6) is 0 Å². The van der Waals surface area contributed by atoms with Gasteiger partial charge in [-0.25, -0.2) is 9.37 Å². The lowest BCUT2D eigenvalue weighted by molar-refractivity contribution is 0.628. The van der Waals surface area contributed by atoms with E-state index in [0.717, 1.165) is 11.1 Å². The lowest BCUT2D eigenvalue weighted by Gasteiger charge is -2.05. The van der Waals surface area contributed by atoms with Gasteiger partial charge in [-0.3, -0.25) is 0 Å². The average molecular weight is 302 g/mol. The Morgan fingerprint density at radius 2 is 2.06 bits per heavy atom. The Bertz CT molecular complexity index is 546. The molecule has 0 amide bonds. The Hall–Kier alpha value is -1.13. The molecule has 1 aromatic carbocycles. The zero-order valence-electron chi connectivity index (χ0n) is 8.05. The second-order valence-electron chi connectivity index (χ2n) is 3.22. The van der Waals surface area contributed by atoms with Crippen molar-refractivity contribution in [1.82, 2.24) is 4.98 Å². The molecule has 0 unspecified atom stereocenters. The molecule has 0 aliphatic rings. The number of halogens is 3. The lowest BCUT2D eigenvalue weighted by Crippen LogP contribution is -1.92. The van der Waals surface area contributed by atoms with Crippen LogP contribution in [0.1, 0.15) is 0 Å². The molecular weight excluding hydrogens is 294 g/mol. The van der Waals surface area contributed by atoms with Crippen molar-refractivity contribution in [2.24, 2.45) is 0 Å². The van der Waals surface area contributed by atoms with E-state index in [9.17, 15) is 4.39 Å². The smallest absolute Gasteiger partial charge is 0.137 e. The van der Waals surface area contributed by atoms with Crippen LogP contribution in [0, 0.1) is 5.82 Å². The van der Waals surface area contributed by atoms with E-state index in [1.807, 2.05) is 0 Å². The summed E-state index contributed by atoms with van der Waals surface area (Å²) >= 11 is 9.22. The molecule has 82 valence electrons. The van der Waals surface area contributed by atoms with Crippen molar-refractivity contribution in [3.63, 3.8) is 0 Å². The first-order valence-electron chi connectivity index (χ1n) is 4.44. The summed E-state index contributed by atoms with van der Waals surface area (Å²) in [5, 5.41) is 0.346. The molecule has 16 heavy (non-hydrogen) atoms. The van der Waals surface area contributed by atoms with E-state index >= 15 is 0 Å². The van der Waals surface area contributed by atoms with E-state index in [2.05, 4.69) is 20.9 Å². The summed E-state index contributed by atoms with van der Waals surface area (Å²) in [5.41, 5.74) is 7.08. The molecule has 2 nitrogen and oxygen atoms in total. The molecule has 0 saturated carbocycles. The van der Waals surface area contributed by atoms with Crippen molar-refractivity contribution in [2.45, 2.75) is 0 Å². The van der Waals surface area contributed by atoms with E-state index in [0.29, 0.717) is 15.3 Å². The van der Waals surface area contributed by atoms with Crippen molar-refractivity contribution in [3.05, 3.63) is 45.8 Å². The van der Waals surface area contributed by atoms with Gasteiger partial charge in [0.2, 0.25) is 0 Å². The number of anilines is 1. The topological polar surface area (TPSA) is 38.9 Å². The summed E-state index contributed by atoms with van der Waals surface area (Å²) in [6.45, 7) is 0. The van der Waals surface area contributed by atoms with Crippen LogP contribution in [0.3, 0.4) is 0 Å². The van der Waals surface area contributed by atoms with Crippen LogP contribution in [0.2, 0.25) is 5.02 Å². The van der Waals surface area contributed by atoms with Crippen LogP contribution in [0.15, 0.2) is 34.9 Å². The average Bonchev–Trinajstić information content (AvgIpc) is 2.22. The highest BCUT2D eigenvalue weighted by molar-refractivity contribution is 9.10. The molecule has 0 spiro atoms. The second-order valence-corrected chi connectivity index (χ2v) is 4.48. The SMILES string of the molecule is Nc1ncc(-c2ccc(F)cc2Cl)cc1Br. The van der Waals surface area contributed by atoms with Crippen LogP contribution < -0.4 is 5.73 Å². The Labute approximate surface area is 105 Å². The fraction of sp³-hybridized carbons (Fsp3) is 0. The second kappa shape index (κ2) is 4.39. The summed E-state index contributed by atoms with van der Waals surface area (Å²) < 4.78 is 13.6. The van der Waals surface area contributed by atoms with Gasteiger partial charge in [-0.1, -0.05) is 11.6 Å². The zero-order valence-corrected chi connectivity index (χ0v) is 10.4. The summed E-state index contributed by atoms with van der Waals surface area (Å²) in [7, 11) is 0. The molecule has 0 aliphatic carbocycles. The van der Waals surface area contributed by atoms with E-state index in [-0.39, 0.29) is 5.82 Å². The Morgan fingerprint density at radius 3 is 2.69 bits per heavy atom. The van der Waals surface area contributed by atoms with Gasteiger partial charge in [0.05, 0.1) is 9.50 Å². The molecule has 0 bridgehead atoms. The van der Waals surface area contributed by atoms with Gasteiger partial charge in [0, 0.05) is 17.3 Å². The number of hydrogen-bond acceptors (Lipinski definition) is 2. The maximum Gasteiger partial charge on any atom is 0.137 e. The third-order valence-electron chi connectivity index (χ3n) is 2.11. The molecule has 0 saturated heterocycles. The number of nitrogen functional groups attached to an aromatic ring is 1. The molecule has 1 aromatic heterocycles. The molecule has 2 N–H and O–H groups in total. The standard InChI is InChI=1S/C11H7BrClFN2/c12-9-3-6(5-16-11(9)15)8-2-1-7(14)4-10(8)13/h1-5H,(H2,15,16). The van der Waals surface area contributed by atoms with Gasteiger partial charge in [-0.15, -0.1) is 0 Å². The third-order valence-corrected chi connectivity index (χ3v) is 3.06. The van der Waals surface area contributed by atoms with Crippen LogP contribution in [-0.2, 0) is 0 Å². The van der Waals surface area contributed by atoms with Gasteiger partial charge in [-0.05, 0) is 40.2 Å². The summed E-state index contributed by atoms with van der Waals surface area (Å²) in [6.07, 6.45) is 1.60. The molecular formula is C11H7BrClFN2. The maximum absolute atomic E-state index is 12.9. The first kappa shape index (κ1) is 11.4. The molecule has 0 fully saturated rings. The predicted molar refractivity (Wildman–Crippen MR) is 66.8 cm³/mol. The number of hydrogen-bond donors (Lipinski definition) is 1. The highest BCUT2D eigenvalue weighted by Crippen LogP contribution is 2.30. The molecule has 2 aromatic rings. The van der Waals surface area contributed by atoms with Crippen molar-refractivity contribution in [3.8, 4) is 11.1 Å². The van der Waals surface area contributed by atoms with Crippen LogP contribution in [-0.4, -0.2) is 4.98 Å². The van der Waals surface area contributed by atoms with Crippen LogP contribution in [0.25, 0.3) is 11.1 Å². The predicted octanol–water partition coefficient (Wildman–Crippen LogP) is 3.89. The third kappa shape index (κ3) is 2.18. The lowest BCUT2D eigenvalue weighted by atomic mass is 10.1. The monoisotopic (exact) mass is 300 g/mol. The Kier molecular flexibility index (Phi) is 3.12. The van der Waals surface area contributed by atoms with Crippen molar-refractivity contribution < 1.29 is 4.39 Å². The zero-order chi connectivity index (χ0) is 11.7. The van der Waals surface area contributed by atoms with Gasteiger partial charge in [-0.2, -0.15) is 0 Å². The fourth-order valence-electron chi connectivity index (χ4n) is 1.32. The number of benzene rings is 1. The quantitative estimate of drug-likeness (QED) is 0.868. The first-order chi connectivity index (χ1) is 7.58. The normalized spacial score (nSPS) is 10.4. The number of nitrogens with two attached hydrogens (primary N) is 1. The fourth-order valence-corrected chi connectivity index (χ4v) is 1.94. The van der Waals surface area contributed by atoms with E-state index in [1.165, 1.54) is 12.1 Å². The molecule has 1 heterocycles. The minimum atomic E-state index is -0.365. The summed E-state index contributed by atoms with van der Waals surface area (Å²) in [6, 6.07) is 6.02. The maximum atomic E-state index is 12.9. The van der Waals surface area contributed by atoms with Gasteiger partial charge in [0.25, 0.3) is 0 Å². The molecule has 2 rings (SSSR count).